The van der Waals surface area contributed by atoms with Crippen molar-refractivity contribution < 1.29 is 8.42 Å². The van der Waals surface area contributed by atoms with Crippen molar-refractivity contribution in [1.29, 1.82) is 0 Å². The summed E-state index contributed by atoms with van der Waals surface area (Å²) in [5.41, 5.74) is 2.27. The molecule has 0 bridgehead atoms. The molecule has 2 aromatic rings. The number of hydrogen-bond acceptors (Lipinski definition) is 3. The lowest BCUT2D eigenvalue weighted by Crippen LogP contribution is -2.27. The smallest absolute Gasteiger partial charge is 0.207 e. The summed E-state index contributed by atoms with van der Waals surface area (Å²) in [6.45, 7) is 8.34. The van der Waals surface area contributed by atoms with Gasteiger partial charge in [0, 0.05) is 10.9 Å². The van der Waals surface area contributed by atoms with Crippen LogP contribution >= 0.6 is 11.8 Å². The maximum atomic E-state index is 12.5. The Morgan fingerprint density at radius 3 is 1.96 bits per heavy atom. The number of hydrogen-bond donors (Lipinski definition) is 1. The lowest BCUT2D eigenvalue weighted by molar-refractivity contribution is 0.565. The van der Waals surface area contributed by atoms with Crippen LogP contribution < -0.4 is 4.72 Å². The van der Waals surface area contributed by atoms with Crippen LogP contribution in [-0.2, 0) is 15.4 Å². The minimum absolute atomic E-state index is 0.0836. The van der Waals surface area contributed by atoms with Gasteiger partial charge in [-0.25, -0.2) is 13.1 Å². The Bertz CT molecular complexity index is 774. The van der Waals surface area contributed by atoms with E-state index in [2.05, 4.69) is 37.6 Å². The summed E-state index contributed by atoms with van der Waals surface area (Å²) in [6.07, 6.45) is 1.96. The Hall–Kier alpha value is -1.30. The second kappa shape index (κ2) is 7.30. The summed E-state index contributed by atoms with van der Waals surface area (Å²) in [4.78, 5) is 1.33. The number of benzene rings is 2. The maximum absolute atomic E-state index is 12.5. The fourth-order valence-corrected chi connectivity index (χ4v) is 4.04. The van der Waals surface area contributed by atoms with Gasteiger partial charge in [-0.3, -0.25) is 0 Å². The van der Waals surface area contributed by atoms with Crippen LogP contribution in [0.15, 0.2) is 58.3 Å². The lowest BCUT2D eigenvalue weighted by Gasteiger charge is -2.20. The fourth-order valence-electron chi connectivity index (χ4n) is 2.40. The van der Waals surface area contributed by atoms with Gasteiger partial charge in [0.2, 0.25) is 10.0 Å². The zero-order valence-corrected chi connectivity index (χ0v) is 16.5. The summed E-state index contributed by atoms with van der Waals surface area (Å²) >= 11 is 1.59. The van der Waals surface area contributed by atoms with Gasteiger partial charge in [0.05, 0.1) is 4.90 Å². The predicted molar refractivity (Wildman–Crippen MR) is 102 cm³/mol. The van der Waals surface area contributed by atoms with E-state index < -0.39 is 10.0 Å². The molecule has 0 heterocycles. The number of rotatable bonds is 5. The molecule has 5 heteroatoms. The van der Waals surface area contributed by atoms with Crippen molar-refractivity contribution in [2.24, 2.45) is 0 Å². The Kier molecular flexibility index (Phi) is 5.78. The third-order valence-electron chi connectivity index (χ3n) is 3.98. The highest BCUT2D eigenvalue weighted by atomic mass is 32.2. The van der Waals surface area contributed by atoms with Crippen molar-refractivity contribution >= 4 is 21.8 Å². The van der Waals surface area contributed by atoms with E-state index in [1.807, 2.05) is 37.4 Å². The molecule has 0 aliphatic rings. The van der Waals surface area contributed by atoms with Crippen molar-refractivity contribution in [3.05, 3.63) is 59.7 Å². The molecule has 2 aromatic carbocycles. The van der Waals surface area contributed by atoms with Crippen LogP contribution in [0.1, 0.15) is 44.9 Å². The van der Waals surface area contributed by atoms with Crippen LogP contribution in [0.2, 0.25) is 0 Å². The average molecular weight is 364 g/mol. The molecule has 1 atom stereocenters. The Morgan fingerprint density at radius 2 is 1.50 bits per heavy atom. The molecule has 24 heavy (non-hydrogen) atoms. The summed E-state index contributed by atoms with van der Waals surface area (Å²) in [5, 5.41) is 0. The molecular formula is C19H25NO2S2. The highest BCUT2D eigenvalue weighted by Gasteiger charge is 2.19. The highest BCUT2D eigenvalue weighted by molar-refractivity contribution is 7.98. The first-order valence-corrected chi connectivity index (χ1v) is 10.6. The average Bonchev–Trinajstić information content (AvgIpc) is 2.54. The number of thioether (sulfide) groups is 1. The van der Waals surface area contributed by atoms with E-state index in [0.29, 0.717) is 4.90 Å². The van der Waals surface area contributed by atoms with Gasteiger partial charge in [0.15, 0.2) is 0 Å². The van der Waals surface area contributed by atoms with Gasteiger partial charge >= 0.3 is 0 Å². The van der Waals surface area contributed by atoms with E-state index >= 15 is 0 Å². The molecule has 0 amide bonds. The van der Waals surface area contributed by atoms with Gasteiger partial charge < -0.3 is 0 Å². The van der Waals surface area contributed by atoms with Crippen molar-refractivity contribution in [2.75, 3.05) is 6.26 Å². The van der Waals surface area contributed by atoms with Crippen LogP contribution in [0.5, 0.6) is 0 Å². The summed E-state index contributed by atoms with van der Waals surface area (Å²) < 4.78 is 27.8. The summed E-state index contributed by atoms with van der Waals surface area (Å²) in [5.74, 6) is 0. The SMILES string of the molecule is CSc1ccc(S(=O)(=O)N[C@@H](C)c2ccc(C(C)(C)C)cc2)cc1. The lowest BCUT2D eigenvalue weighted by atomic mass is 9.86. The van der Waals surface area contributed by atoms with Gasteiger partial charge in [0.1, 0.15) is 0 Å². The molecule has 0 aromatic heterocycles. The van der Waals surface area contributed by atoms with E-state index in [0.717, 1.165) is 10.5 Å². The number of sulfonamides is 1. The zero-order valence-electron chi connectivity index (χ0n) is 14.8. The van der Waals surface area contributed by atoms with Crippen LogP contribution in [0.4, 0.5) is 0 Å². The second-order valence-electron chi connectivity index (χ2n) is 6.89. The molecule has 130 valence electrons. The standard InChI is InChI=1S/C19H25NO2S2/c1-14(15-6-8-16(9-7-15)19(2,3)4)20-24(21,22)18-12-10-17(23-5)11-13-18/h6-14,20H,1-5H3/t14-/m0/s1. The molecule has 1 N–H and O–H groups in total. The van der Waals surface area contributed by atoms with Crippen molar-refractivity contribution in [2.45, 2.75) is 48.9 Å². The third-order valence-corrected chi connectivity index (χ3v) is 6.28. The predicted octanol–water partition coefficient (Wildman–Crippen LogP) is 4.75. The fraction of sp³-hybridized carbons (Fsp3) is 0.368. The minimum Gasteiger partial charge on any atom is -0.207 e. The summed E-state index contributed by atoms with van der Waals surface area (Å²) in [6, 6.07) is 14.7. The zero-order chi connectivity index (χ0) is 18.0. The molecule has 0 saturated carbocycles. The Balaban J connectivity index is 2.16. The Morgan fingerprint density at radius 1 is 0.958 bits per heavy atom. The van der Waals surface area contributed by atoms with E-state index in [4.69, 9.17) is 0 Å². The minimum atomic E-state index is -3.53. The normalized spacial score (nSPS) is 13.7. The molecule has 0 aliphatic heterocycles. The van der Waals surface area contributed by atoms with Gasteiger partial charge in [-0.2, -0.15) is 0 Å². The molecule has 2 rings (SSSR count). The van der Waals surface area contributed by atoms with Gasteiger partial charge in [0.25, 0.3) is 0 Å². The van der Waals surface area contributed by atoms with Crippen LogP contribution in [0.25, 0.3) is 0 Å². The number of nitrogens with one attached hydrogen (secondary N) is 1. The quantitative estimate of drug-likeness (QED) is 0.780. The molecule has 0 aliphatic carbocycles. The van der Waals surface area contributed by atoms with Crippen LogP contribution in [-0.4, -0.2) is 14.7 Å². The van der Waals surface area contributed by atoms with Crippen molar-refractivity contribution in [3.8, 4) is 0 Å². The molecular weight excluding hydrogens is 338 g/mol. The molecule has 0 unspecified atom stereocenters. The molecule has 3 nitrogen and oxygen atoms in total. The molecule has 0 saturated heterocycles. The molecule has 0 spiro atoms. The highest BCUT2D eigenvalue weighted by Crippen LogP contribution is 2.25. The van der Waals surface area contributed by atoms with Gasteiger partial charge in [-0.15, -0.1) is 11.8 Å². The van der Waals surface area contributed by atoms with Crippen molar-refractivity contribution in [3.63, 3.8) is 0 Å². The topological polar surface area (TPSA) is 46.2 Å². The van der Waals surface area contributed by atoms with Gasteiger partial charge in [-0.1, -0.05) is 45.0 Å². The van der Waals surface area contributed by atoms with Crippen LogP contribution in [0, 0.1) is 0 Å². The monoisotopic (exact) mass is 363 g/mol. The largest absolute Gasteiger partial charge is 0.241 e. The van der Waals surface area contributed by atoms with E-state index in [-0.39, 0.29) is 11.5 Å². The molecule has 0 fully saturated rings. The van der Waals surface area contributed by atoms with Crippen LogP contribution in [0.3, 0.4) is 0 Å². The molecule has 0 radical (unpaired) electrons. The van der Waals surface area contributed by atoms with Crippen molar-refractivity contribution in [1.82, 2.24) is 4.72 Å². The second-order valence-corrected chi connectivity index (χ2v) is 9.48. The van der Waals surface area contributed by atoms with E-state index in [1.165, 1.54) is 5.56 Å². The Labute approximate surface area is 149 Å². The third kappa shape index (κ3) is 4.62. The summed E-state index contributed by atoms with van der Waals surface area (Å²) in [7, 11) is -3.53. The first kappa shape index (κ1) is 19.0. The maximum Gasteiger partial charge on any atom is 0.241 e. The van der Waals surface area contributed by atoms with E-state index in [1.54, 1.807) is 23.9 Å². The first-order valence-electron chi connectivity index (χ1n) is 7.90. The van der Waals surface area contributed by atoms with Gasteiger partial charge in [-0.05, 0) is 54.0 Å². The first-order chi connectivity index (χ1) is 11.1. The van der Waals surface area contributed by atoms with E-state index in [9.17, 15) is 8.42 Å².